The zero-order chi connectivity index (χ0) is 18.6. The lowest BCUT2D eigenvalue weighted by Crippen LogP contribution is -2.12. The number of carbonyl (C=O) groups excluding carboxylic acids is 1. The van der Waals surface area contributed by atoms with E-state index in [2.05, 4.69) is 20.5 Å². The fourth-order valence-corrected chi connectivity index (χ4v) is 2.62. The molecule has 0 fully saturated rings. The van der Waals surface area contributed by atoms with Gasteiger partial charge in [0.05, 0.1) is 0 Å². The average molecular weight is 356 g/mol. The predicted molar refractivity (Wildman–Crippen MR) is 102 cm³/mol. The number of carbonyl (C=O) groups is 1. The second-order valence-electron chi connectivity index (χ2n) is 6.00. The molecule has 0 radical (unpaired) electrons. The van der Waals surface area contributed by atoms with Gasteiger partial charge in [-0.2, -0.15) is 0 Å². The first-order valence-electron chi connectivity index (χ1n) is 8.42. The molecule has 4 aromatic rings. The Morgan fingerprint density at radius 3 is 2.22 bits per heavy atom. The SMILES string of the molecule is Cc1cc(C(=O)Nc2ccc(-c3nnc(-c4ccccc4)o3)cc2)ccn1. The minimum atomic E-state index is -0.183. The number of aryl methyl sites for hydroxylation is 1. The molecule has 0 aliphatic carbocycles. The van der Waals surface area contributed by atoms with E-state index in [0.717, 1.165) is 16.8 Å². The maximum absolute atomic E-state index is 12.3. The largest absolute Gasteiger partial charge is 0.416 e. The quantitative estimate of drug-likeness (QED) is 0.587. The van der Waals surface area contributed by atoms with Crippen molar-refractivity contribution in [1.82, 2.24) is 15.2 Å². The van der Waals surface area contributed by atoms with E-state index in [4.69, 9.17) is 4.42 Å². The lowest BCUT2D eigenvalue weighted by Gasteiger charge is -2.06. The first-order chi connectivity index (χ1) is 13.2. The van der Waals surface area contributed by atoms with Crippen molar-refractivity contribution in [2.45, 2.75) is 6.92 Å². The molecule has 0 unspecified atom stereocenters. The van der Waals surface area contributed by atoms with E-state index >= 15 is 0 Å². The molecule has 4 rings (SSSR count). The molecule has 6 nitrogen and oxygen atoms in total. The fraction of sp³-hybridized carbons (Fsp3) is 0.0476. The first-order valence-corrected chi connectivity index (χ1v) is 8.42. The summed E-state index contributed by atoms with van der Waals surface area (Å²) in [7, 11) is 0. The summed E-state index contributed by atoms with van der Waals surface area (Å²) in [5, 5.41) is 11.1. The summed E-state index contributed by atoms with van der Waals surface area (Å²) in [6.07, 6.45) is 1.62. The molecule has 2 heterocycles. The lowest BCUT2D eigenvalue weighted by molar-refractivity contribution is 0.102. The molecular weight excluding hydrogens is 340 g/mol. The van der Waals surface area contributed by atoms with Crippen LogP contribution in [0.1, 0.15) is 16.1 Å². The molecule has 2 aromatic carbocycles. The van der Waals surface area contributed by atoms with Gasteiger partial charge < -0.3 is 9.73 Å². The first kappa shape index (κ1) is 16.7. The molecule has 0 aliphatic rings. The van der Waals surface area contributed by atoms with Crippen LogP contribution >= 0.6 is 0 Å². The molecule has 0 bridgehead atoms. The molecule has 1 amide bonds. The third kappa shape index (κ3) is 3.74. The predicted octanol–water partition coefficient (Wildman–Crippen LogP) is 4.36. The van der Waals surface area contributed by atoms with Gasteiger partial charge in [0, 0.05) is 34.3 Å². The van der Waals surface area contributed by atoms with Crippen molar-refractivity contribution < 1.29 is 9.21 Å². The Bertz CT molecular complexity index is 1070. The molecule has 0 spiro atoms. The molecule has 132 valence electrons. The Morgan fingerprint density at radius 1 is 0.889 bits per heavy atom. The fourth-order valence-electron chi connectivity index (χ4n) is 2.62. The molecular formula is C21H16N4O2. The van der Waals surface area contributed by atoms with E-state index in [1.807, 2.05) is 49.4 Å². The summed E-state index contributed by atoms with van der Waals surface area (Å²) < 4.78 is 5.74. The van der Waals surface area contributed by atoms with Crippen molar-refractivity contribution in [3.8, 4) is 22.9 Å². The van der Waals surface area contributed by atoms with E-state index in [-0.39, 0.29) is 5.91 Å². The summed E-state index contributed by atoms with van der Waals surface area (Å²) in [5.74, 6) is 0.713. The standard InChI is InChI=1S/C21H16N4O2/c1-14-13-17(11-12-22-14)19(26)23-18-9-7-16(8-10-18)21-25-24-20(27-21)15-5-3-2-4-6-15/h2-13H,1H3,(H,23,26). The Morgan fingerprint density at radius 2 is 1.56 bits per heavy atom. The van der Waals surface area contributed by atoms with E-state index in [1.165, 1.54) is 0 Å². The molecule has 2 aromatic heterocycles. The van der Waals surface area contributed by atoms with Crippen LogP contribution in [-0.2, 0) is 0 Å². The Kier molecular flexibility index (Phi) is 4.45. The van der Waals surface area contributed by atoms with Crippen molar-refractivity contribution in [2.24, 2.45) is 0 Å². The number of amides is 1. The lowest BCUT2D eigenvalue weighted by atomic mass is 10.2. The van der Waals surface area contributed by atoms with Crippen molar-refractivity contribution in [2.75, 3.05) is 5.32 Å². The highest BCUT2D eigenvalue weighted by Crippen LogP contribution is 2.24. The van der Waals surface area contributed by atoms with Crippen LogP contribution in [0, 0.1) is 6.92 Å². The number of hydrogen-bond acceptors (Lipinski definition) is 5. The normalized spacial score (nSPS) is 10.6. The van der Waals surface area contributed by atoms with Crippen molar-refractivity contribution in [1.29, 1.82) is 0 Å². The van der Waals surface area contributed by atoms with Gasteiger partial charge in [0.1, 0.15) is 0 Å². The third-order valence-corrected chi connectivity index (χ3v) is 3.99. The van der Waals surface area contributed by atoms with Crippen LogP contribution in [0.3, 0.4) is 0 Å². The number of nitrogens with zero attached hydrogens (tertiary/aromatic N) is 3. The van der Waals surface area contributed by atoms with Gasteiger partial charge in [0.2, 0.25) is 11.8 Å². The number of anilines is 1. The van der Waals surface area contributed by atoms with Crippen LogP contribution in [0.2, 0.25) is 0 Å². The van der Waals surface area contributed by atoms with Gasteiger partial charge in [-0.3, -0.25) is 9.78 Å². The van der Waals surface area contributed by atoms with Crippen LogP contribution < -0.4 is 5.32 Å². The van der Waals surface area contributed by atoms with Gasteiger partial charge in [-0.05, 0) is 55.5 Å². The number of aromatic nitrogens is 3. The van der Waals surface area contributed by atoms with Gasteiger partial charge in [0.15, 0.2) is 0 Å². The van der Waals surface area contributed by atoms with Gasteiger partial charge >= 0.3 is 0 Å². The highest BCUT2D eigenvalue weighted by Gasteiger charge is 2.11. The second kappa shape index (κ2) is 7.21. The molecule has 0 saturated carbocycles. The average Bonchev–Trinajstić information content (AvgIpc) is 3.19. The van der Waals surface area contributed by atoms with E-state index in [1.54, 1.807) is 30.5 Å². The van der Waals surface area contributed by atoms with Crippen molar-refractivity contribution >= 4 is 11.6 Å². The van der Waals surface area contributed by atoms with Gasteiger partial charge in [-0.25, -0.2) is 0 Å². The zero-order valence-electron chi connectivity index (χ0n) is 14.6. The highest BCUT2D eigenvalue weighted by molar-refractivity contribution is 6.04. The molecule has 0 atom stereocenters. The molecule has 27 heavy (non-hydrogen) atoms. The molecule has 0 saturated heterocycles. The Labute approximate surface area is 155 Å². The van der Waals surface area contributed by atoms with Crippen molar-refractivity contribution in [3.63, 3.8) is 0 Å². The van der Waals surface area contributed by atoms with E-state index in [9.17, 15) is 4.79 Å². The smallest absolute Gasteiger partial charge is 0.255 e. The van der Waals surface area contributed by atoms with Gasteiger partial charge in [-0.15, -0.1) is 10.2 Å². The van der Waals surface area contributed by atoms with Crippen molar-refractivity contribution in [3.05, 3.63) is 84.2 Å². The number of nitrogens with one attached hydrogen (secondary N) is 1. The minimum absolute atomic E-state index is 0.183. The number of benzene rings is 2. The molecule has 1 N–H and O–H groups in total. The Hall–Kier alpha value is -3.80. The second-order valence-corrected chi connectivity index (χ2v) is 6.00. The third-order valence-electron chi connectivity index (χ3n) is 3.99. The van der Waals surface area contributed by atoms with Crippen LogP contribution in [0.4, 0.5) is 5.69 Å². The Balaban J connectivity index is 1.49. The highest BCUT2D eigenvalue weighted by atomic mass is 16.4. The summed E-state index contributed by atoms with van der Waals surface area (Å²) in [4.78, 5) is 16.4. The monoisotopic (exact) mass is 356 g/mol. The van der Waals surface area contributed by atoms with Crippen LogP contribution in [-0.4, -0.2) is 21.1 Å². The van der Waals surface area contributed by atoms with Crippen LogP contribution in [0.5, 0.6) is 0 Å². The zero-order valence-corrected chi connectivity index (χ0v) is 14.6. The van der Waals surface area contributed by atoms with Gasteiger partial charge in [0.25, 0.3) is 5.91 Å². The molecule has 6 heteroatoms. The maximum Gasteiger partial charge on any atom is 0.255 e. The number of pyridine rings is 1. The van der Waals surface area contributed by atoms with Gasteiger partial charge in [-0.1, -0.05) is 18.2 Å². The van der Waals surface area contributed by atoms with E-state index < -0.39 is 0 Å². The topological polar surface area (TPSA) is 80.9 Å². The number of rotatable bonds is 4. The van der Waals surface area contributed by atoms with E-state index in [0.29, 0.717) is 23.0 Å². The molecule has 0 aliphatic heterocycles. The maximum atomic E-state index is 12.3. The van der Waals surface area contributed by atoms with Crippen LogP contribution in [0.15, 0.2) is 77.3 Å². The number of hydrogen-bond donors (Lipinski definition) is 1. The van der Waals surface area contributed by atoms with Crippen LogP contribution in [0.25, 0.3) is 22.9 Å². The summed E-state index contributed by atoms with van der Waals surface area (Å²) in [6, 6.07) is 20.3. The summed E-state index contributed by atoms with van der Waals surface area (Å²) >= 11 is 0. The summed E-state index contributed by atoms with van der Waals surface area (Å²) in [6.45, 7) is 1.85. The minimum Gasteiger partial charge on any atom is -0.416 e. The summed E-state index contributed by atoms with van der Waals surface area (Å²) in [5.41, 5.74) is 3.69.